The van der Waals surface area contributed by atoms with Gasteiger partial charge in [-0.15, -0.1) is 0 Å². The summed E-state index contributed by atoms with van der Waals surface area (Å²) in [5.74, 6) is 0. The fourth-order valence-electron chi connectivity index (χ4n) is 2.65. The third-order valence-corrected chi connectivity index (χ3v) is 4.28. The molecule has 140 valence electrons. The van der Waals surface area contributed by atoms with E-state index in [1.807, 2.05) is 18.1 Å². The summed E-state index contributed by atoms with van der Waals surface area (Å²) >= 11 is 0. The zero-order valence-electron chi connectivity index (χ0n) is 16.5. The molecule has 1 aromatic heterocycles. The maximum atomic E-state index is 4.50. The van der Waals surface area contributed by atoms with E-state index in [1.54, 1.807) is 0 Å². The van der Waals surface area contributed by atoms with Gasteiger partial charge in [-0.05, 0) is 64.0 Å². The van der Waals surface area contributed by atoms with Gasteiger partial charge in [0.2, 0.25) is 0 Å². The lowest BCUT2D eigenvalue weighted by Gasteiger charge is -2.18. The third kappa shape index (κ3) is 6.92. The Hall–Kier alpha value is -2.27. The average molecular weight is 354 g/mol. The van der Waals surface area contributed by atoms with Gasteiger partial charge in [-0.3, -0.25) is 4.98 Å². The maximum absolute atomic E-state index is 4.50. The maximum Gasteiger partial charge on any atom is 0.0747 e. The molecule has 0 N–H and O–H groups in total. The van der Waals surface area contributed by atoms with Crippen LogP contribution in [0.1, 0.15) is 30.2 Å². The van der Waals surface area contributed by atoms with Crippen molar-refractivity contribution in [1.29, 1.82) is 0 Å². The van der Waals surface area contributed by atoms with Gasteiger partial charge in [0.25, 0.3) is 0 Å². The Labute approximate surface area is 157 Å². The summed E-state index contributed by atoms with van der Waals surface area (Å²) < 4.78 is 0. The standard InChI is InChI=1S/C21H31N5/c1-5-14-25(4)16-13-23-24-26(21-10-6-18(2)7-11-21)15-12-20-9-8-19(3)22-17-20/h6-11,17H,5,12-16H2,1-4H3. The topological polar surface area (TPSA) is 44.1 Å². The van der Waals surface area contributed by atoms with Gasteiger partial charge in [0.1, 0.15) is 0 Å². The number of hydrogen-bond donors (Lipinski definition) is 0. The molecule has 0 aliphatic heterocycles. The van der Waals surface area contributed by atoms with E-state index < -0.39 is 0 Å². The van der Waals surface area contributed by atoms with E-state index in [1.165, 1.54) is 11.1 Å². The Morgan fingerprint density at radius 3 is 2.38 bits per heavy atom. The van der Waals surface area contributed by atoms with Crippen LogP contribution in [-0.2, 0) is 6.42 Å². The van der Waals surface area contributed by atoms with Gasteiger partial charge in [-0.1, -0.05) is 35.9 Å². The van der Waals surface area contributed by atoms with Crippen LogP contribution in [0, 0.1) is 13.8 Å². The van der Waals surface area contributed by atoms with Crippen LogP contribution in [-0.4, -0.2) is 43.1 Å². The first-order chi connectivity index (χ1) is 12.6. The van der Waals surface area contributed by atoms with E-state index in [4.69, 9.17) is 0 Å². The Kier molecular flexibility index (Phi) is 8.22. The van der Waals surface area contributed by atoms with Crippen LogP contribution in [0.3, 0.4) is 0 Å². The van der Waals surface area contributed by atoms with Gasteiger partial charge in [0.15, 0.2) is 0 Å². The number of benzene rings is 1. The van der Waals surface area contributed by atoms with Gasteiger partial charge >= 0.3 is 0 Å². The Morgan fingerprint density at radius 1 is 0.962 bits per heavy atom. The Balaban J connectivity index is 1.99. The molecule has 0 unspecified atom stereocenters. The van der Waals surface area contributed by atoms with Gasteiger partial charge in [-0.25, -0.2) is 5.01 Å². The molecule has 5 nitrogen and oxygen atoms in total. The second-order valence-corrected chi connectivity index (χ2v) is 6.77. The first kappa shape index (κ1) is 20.0. The molecule has 26 heavy (non-hydrogen) atoms. The predicted octanol–water partition coefficient (Wildman–Crippen LogP) is 4.46. The zero-order valence-corrected chi connectivity index (χ0v) is 16.5. The lowest BCUT2D eigenvalue weighted by molar-refractivity contribution is 0.342. The summed E-state index contributed by atoms with van der Waals surface area (Å²) in [6.07, 6.45) is 3.99. The first-order valence-corrected chi connectivity index (χ1v) is 9.40. The molecule has 0 radical (unpaired) electrons. The van der Waals surface area contributed by atoms with Gasteiger partial charge in [0.05, 0.1) is 12.2 Å². The zero-order chi connectivity index (χ0) is 18.8. The number of nitrogens with zero attached hydrogens (tertiary/aromatic N) is 5. The highest BCUT2D eigenvalue weighted by Crippen LogP contribution is 2.16. The Morgan fingerprint density at radius 2 is 1.73 bits per heavy atom. The van der Waals surface area contributed by atoms with Crippen LogP contribution in [0.2, 0.25) is 0 Å². The second kappa shape index (κ2) is 10.7. The van der Waals surface area contributed by atoms with Crippen molar-refractivity contribution in [2.45, 2.75) is 33.6 Å². The molecule has 0 amide bonds. The number of pyridine rings is 1. The molecule has 0 fully saturated rings. The van der Waals surface area contributed by atoms with Crippen LogP contribution in [0.4, 0.5) is 5.69 Å². The number of aryl methyl sites for hydroxylation is 2. The second-order valence-electron chi connectivity index (χ2n) is 6.77. The largest absolute Gasteiger partial charge is 0.304 e. The van der Waals surface area contributed by atoms with Crippen LogP contribution in [0.5, 0.6) is 0 Å². The summed E-state index contributed by atoms with van der Waals surface area (Å²) in [4.78, 5) is 6.66. The normalized spacial score (nSPS) is 11.4. The number of likely N-dealkylation sites (N-methyl/N-ethyl adjacent to an activating group) is 1. The highest BCUT2D eigenvalue weighted by Gasteiger charge is 2.06. The number of anilines is 1. The minimum Gasteiger partial charge on any atom is -0.304 e. The number of hydrogen-bond acceptors (Lipinski definition) is 4. The van der Waals surface area contributed by atoms with E-state index in [-0.39, 0.29) is 0 Å². The van der Waals surface area contributed by atoms with E-state index in [2.05, 4.69) is 77.5 Å². The molecular formula is C21H31N5. The van der Waals surface area contributed by atoms with Crippen LogP contribution >= 0.6 is 0 Å². The average Bonchev–Trinajstić information content (AvgIpc) is 2.63. The van der Waals surface area contributed by atoms with Crippen molar-refractivity contribution in [3.8, 4) is 0 Å². The molecule has 1 heterocycles. The lowest BCUT2D eigenvalue weighted by atomic mass is 10.2. The summed E-state index contributed by atoms with van der Waals surface area (Å²) in [5, 5.41) is 10.9. The van der Waals surface area contributed by atoms with E-state index in [9.17, 15) is 0 Å². The van der Waals surface area contributed by atoms with Crippen LogP contribution in [0.15, 0.2) is 52.9 Å². The van der Waals surface area contributed by atoms with Crippen LogP contribution < -0.4 is 5.01 Å². The molecule has 0 atom stereocenters. The smallest absolute Gasteiger partial charge is 0.0747 e. The predicted molar refractivity (Wildman–Crippen MR) is 109 cm³/mol. The summed E-state index contributed by atoms with van der Waals surface area (Å²) in [5.41, 5.74) is 4.57. The van der Waals surface area contributed by atoms with Crippen molar-refractivity contribution in [1.82, 2.24) is 9.88 Å². The van der Waals surface area contributed by atoms with E-state index in [0.717, 1.165) is 43.9 Å². The molecule has 1 aromatic carbocycles. The van der Waals surface area contributed by atoms with Gasteiger partial charge < -0.3 is 4.90 Å². The van der Waals surface area contributed by atoms with Crippen LogP contribution in [0.25, 0.3) is 0 Å². The molecule has 0 spiro atoms. The molecule has 0 bridgehead atoms. The molecule has 2 rings (SSSR count). The lowest BCUT2D eigenvalue weighted by Crippen LogP contribution is -2.23. The quantitative estimate of drug-likeness (QED) is 0.468. The minimum absolute atomic E-state index is 0.713. The van der Waals surface area contributed by atoms with Gasteiger partial charge in [0, 0.05) is 25.0 Å². The SMILES string of the molecule is CCCN(C)CCN=NN(CCc1ccc(C)nc1)c1ccc(C)cc1. The van der Waals surface area contributed by atoms with Crippen molar-refractivity contribution >= 4 is 5.69 Å². The highest BCUT2D eigenvalue weighted by molar-refractivity contribution is 5.46. The van der Waals surface area contributed by atoms with Crippen molar-refractivity contribution < 1.29 is 0 Å². The van der Waals surface area contributed by atoms with Crippen molar-refractivity contribution in [2.24, 2.45) is 10.3 Å². The van der Waals surface area contributed by atoms with Crippen molar-refractivity contribution in [3.05, 3.63) is 59.4 Å². The molecule has 0 saturated heterocycles. The molecule has 0 aliphatic rings. The van der Waals surface area contributed by atoms with E-state index in [0.29, 0.717) is 6.54 Å². The fraction of sp³-hybridized carbons (Fsp3) is 0.476. The van der Waals surface area contributed by atoms with Crippen molar-refractivity contribution in [2.75, 3.05) is 38.2 Å². The molecule has 5 heteroatoms. The van der Waals surface area contributed by atoms with Gasteiger partial charge in [-0.2, -0.15) is 5.11 Å². The minimum atomic E-state index is 0.713. The third-order valence-electron chi connectivity index (χ3n) is 4.28. The number of rotatable bonds is 10. The summed E-state index contributed by atoms with van der Waals surface area (Å²) in [6.45, 7) is 9.81. The van der Waals surface area contributed by atoms with Crippen molar-refractivity contribution in [3.63, 3.8) is 0 Å². The summed E-state index contributed by atoms with van der Waals surface area (Å²) in [7, 11) is 2.13. The molecule has 2 aromatic rings. The monoisotopic (exact) mass is 353 g/mol. The fourth-order valence-corrected chi connectivity index (χ4v) is 2.65. The Bertz CT molecular complexity index is 664. The number of aromatic nitrogens is 1. The van der Waals surface area contributed by atoms with E-state index >= 15 is 0 Å². The first-order valence-electron chi connectivity index (χ1n) is 9.40. The molecule has 0 saturated carbocycles. The molecule has 0 aliphatic carbocycles. The highest BCUT2D eigenvalue weighted by atomic mass is 15.5. The summed E-state index contributed by atoms with van der Waals surface area (Å²) in [6, 6.07) is 12.6. The molecular weight excluding hydrogens is 322 g/mol.